The molecule has 146 valence electrons. The number of aromatic nitrogens is 3. The number of pyridine rings is 1. The lowest BCUT2D eigenvalue weighted by Gasteiger charge is -2.13. The number of methoxy groups -OCH3 is 1. The first-order chi connectivity index (χ1) is 13.9. The molecule has 4 aromatic rings. The monoisotopic (exact) mass is 397 g/mol. The van der Waals surface area contributed by atoms with Gasteiger partial charge in [0, 0.05) is 17.0 Å². The van der Waals surface area contributed by atoms with Gasteiger partial charge in [0.1, 0.15) is 12.1 Å². The number of hydrogen-bond acceptors (Lipinski definition) is 4. The van der Waals surface area contributed by atoms with Crippen molar-refractivity contribution in [3.63, 3.8) is 0 Å². The minimum Gasteiger partial charge on any atom is -0.497 e. The first-order valence-corrected chi connectivity index (χ1v) is 8.57. The number of halogens is 3. The molecular weight excluding hydrogens is 383 g/mol. The van der Waals surface area contributed by atoms with Gasteiger partial charge >= 0.3 is 6.18 Å². The Morgan fingerprint density at radius 2 is 1.59 bits per heavy atom. The molecule has 0 aliphatic carbocycles. The van der Waals surface area contributed by atoms with Crippen molar-refractivity contribution in [2.75, 3.05) is 7.11 Å². The standard InChI is InChI=1S/C21H14F3N3O2/c1-29-16-8-2-13(3-9-16)19-17-10-11-18(28)27(20(17)26-12-25-19)15-6-4-14(5-7-15)21(22,23)24/h2-12H,1H3. The Hall–Kier alpha value is -3.68. The second-order valence-electron chi connectivity index (χ2n) is 6.24. The van der Waals surface area contributed by atoms with Crippen LogP contribution in [0.15, 0.2) is 71.8 Å². The van der Waals surface area contributed by atoms with Crippen molar-refractivity contribution in [1.82, 2.24) is 14.5 Å². The van der Waals surface area contributed by atoms with Gasteiger partial charge in [-0.05, 0) is 54.6 Å². The van der Waals surface area contributed by atoms with Crippen LogP contribution in [0.1, 0.15) is 5.56 Å². The van der Waals surface area contributed by atoms with Crippen LogP contribution in [0.3, 0.4) is 0 Å². The van der Waals surface area contributed by atoms with Crippen LogP contribution in [-0.4, -0.2) is 21.6 Å². The fraction of sp³-hybridized carbons (Fsp3) is 0.0952. The van der Waals surface area contributed by atoms with Gasteiger partial charge in [0.25, 0.3) is 5.56 Å². The molecule has 0 saturated heterocycles. The van der Waals surface area contributed by atoms with Gasteiger partial charge in [-0.3, -0.25) is 9.36 Å². The number of rotatable bonds is 3. The van der Waals surface area contributed by atoms with Crippen LogP contribution >= 0.6 is 0 Å². The Bertz CT molecular complexity index is 1230. The van der Waals surface area contributed by atoms with E-state index in [2.05, 4.69) is 9.97 Å². The highest BCUT2D eigenvalue weighted by atomic mass is 19.4. The summed E-state index contributed by atoms with van der Waals surface area (Å²) >= 11 is 0. The molecule has 0 N–H and O–H groups in total. The average molecular weight is 397 g/mol. The zero-order valence-corrected chi connectivity index (χ0v) is 15.1. The zero-order chi connectivity index (χ0) is 20.6. The molecule has 0 atom stereocenters. The third kappa shape index (κ3) is 3.44. The van der Waals surface area contributed by atoms with Crippen molar-refractivity contribution in [3.8, 4) is 22.7 Å². The van der Waals surface area contributed by atoms with Gasteiger partial charge < -0.3 is 4.74 Å². The molecule has 0 spiro atoms. The summed E-state index contributed by atoms with van der Waals surface area (Å²) in [4.78, 5) is 21.1. The molecule has 2 aromatic heterocycles. The fourth-order valence-corrected chi connectivity index (χ4v) is 3.08. The summed E-state index contributed by atoms with van der Waals surface area (Å²) in [5, 5.41) is 0.595. The zero-order valence-electron chi connectivity index (χ0n) is 15.1. The molecule has 29 heavy (non-hydrogen) atoms. The van der Waals surface area contributed by atoms with Crippen molar-refractivity contribution >= 4 is 11.0 Å². The highest BCUT2D eigenvalue weighted by Crippen LogP contribution is 2.30. The summed E-state index contributed by atoms with van der Waals surface area (Å²) < 4.78 is 45.0. The number of alkyl halides is 3. The largest absolute Gasteiger partial charge is 0.497 e. The average Bonchev–Trinajstić information content (AvgIpc) is 2.73. The topological polar surface area (TPSA) is 57.0 Å². The first-order valence-electron chi connectivity index (χ1n) is 8.57. The Labute approximate surface area is 163 Å². The van der Waals surface area contributed by atoms with Gasteiger partial charge in [-0.25, -0.2) is 9.97 Å². The third-order valence-electron chi connectivity index (χ3n) is 4.50. The Morgan fingerprint density at radius 3 is 2.21 bits per heavy atom. The molecule has 0 amide bonds. The van der Waals surface area contributed by atoms with Crippen molar-refractivity contribution in [3.05, 3.63) is 82.9 Å². The lowest BCUT2D eigenvalue weighted by molar-refractivity contribution is -0.137. The Kier molecular flexibility index (Phi) is 4.54. The smallest absolute Gasteiger partial charge is 0.416 e. The van der Waals surface area contributed by atoms with E-state index in [0.717, 1.165) is 17.7 Å². The lowest BCUT2D eigenvalue weighted by atomic mass is 10.1. The molecule has 2 aromatic carbocycles. The third-order valence-corrected chi connectivity index (χ3v) is 4.50. The molecule has 5 nitrogen and oxygen atoms in total. The van der Waals surface area contributed by atoms with E-state index in [1.54, 1.807) is 25.3 Å². The molecule has 2 heterocycles. The van der Waals surface area contributed by atoms with Crippen LogP contribution in [0, 0.1) is 0 Å². The van der Waals surface area contributed by atoms with Gasteiger partial charge in [0.05, 0.1) is 24.1 Å². The van der Waals surface area contributed by atoms with Crippen molar-refractivity contribution in [1.29, 1.82) is 0 Å². The highest BCUT2D eigenvalue weighted by Gasteiger charge is 2.30. The first kappa shape index (κ1) is 18.7. The maximum atomic E-state index is 12.9. The van der Waals surface area contributed by atoms with E-state index < -0.39 is 17.3 Å². The summed E-state index contributed by atoms with van der Waals surface area (Å²) in [6.45, 7) is 0. The number of ether oxygens (including phenoxy) is 1. The molecule has 8 heteroatoms. The maximum Gasteiger partial charge on any atom is 0.416 e. The molecule has 0 bridgehead atoms. The Morgan fingerprint density at radius 1 is 0.897 bits per heavy atom. The molecule has 0 unspecified atom stereocenters. The van der Waals surface area contributed by atoms with Crippen LogP contribution in [0.5, 0.6) is 5.75 Å². The predicted molar refractivity (Wildman–Crippen MR) is 102 cm³/mol. The van der Waals surface area contributed by atoms with Crippen LogP contribution in [-0.2, 0) is 6.18 Å². The van der Waals surface area contributed by atoms with E-state index in [9.17, 15) is 18.0 Å². The maximum absolute atomic E-state index is 12.9. The SMILES string of the molecule is COc1ccc(-c2ncnc3c2ccc(=O)n3-c2ccc(C(F)(F)F)cc2)cc1. The van der Waals surface area contributed by atoms with E-state index in [-0.39, 0.29) is 5.69 Å². The summed E-state index contributed by atoms with van der Waals surface area (Å²) in [5.74, 6) is 0.689. The predicted octanol–water partition coefficient (Wildman–Crippen LogP) is 4.48. The van der Waals surface area contributed by atoms with Crippen LogP contribution in [0.4, 0.5) is 13.2 Å². The van der Waals surface area contributed by atoms with E-state index in [1.807, 2.05) is 12.1 Å². The van der Waals surface area contributed by atoms with E-state index in [1.165, 1.54) is 29.1 Å². The van der Waals surface area contributed by atoms with Crippen LogP contribution in [0.2, 0.25) is 0 Å². The van der Waals surface area contributed by atoms with Crippen LogP contribution < -0.4 is 10.3 Å². The van der Waals surface area contributed by atoms with E-state index >= 15 is 0 Å². The van der Waals surface area contributed by atoms with Crippen LogP contribution in [0.25, 0.3) is 28.0 Å². The summed E-state index contributed by atoms with van der Waals surface area (Å²) in [7, 11) is 1.57. The Balaban J connectivity index is 1.89. The number of nitrogens with zero attached hydrogens (tertiary/aromatic N) is 3. The van der Waals surface area contributed by atoms with Gasteiger partial charge in [0.2, 0.25) is 0 Å². The molecule has 0 saturated carbocycles. The molecule has 4 rings (SSSR count). The normalized spacial score (nSPS) is 11.6. The molecule has 0 radical (unpaired) electrons. The number of fused-ring (bicyclic) bond motifs is 1. The summed E-state index contributed by atoms with van der Waals surface area (Å²) in [6, 6.07) is 14.6. The minimum absolute atomic E-state index is 0.285. The van der Waals surface area contributed by atoms with Crippen molar-refractivity contribution in [2.45, 2.75) is 6.18 Å². The summed E-state index contributed by atoms with van der Waals surface area (Å²) in [5.41, 5.74) is 0.778. The molecule has 0 aliphatic heterocycles. The van der Waals surface area contributed by atoms with E-state index in [4.69, 9.17) is 4.74 Å². The lowest BCUT2D eigenvalue weighted by Crippen LogP contribution is -2.19. The molecular formula is C21H14F3N3O2. The second kappa shape index (κ2) is 7.05. The van der Waals surface area contributed by atoms with Crippen molar-refractivity contribution < 1.29 is 17.9 Å². The molecule has 0 aliphatic rings. The number of hydrogen-bond donors (Lipinski definition) is 0. The quantitative estimate of drug-likeness (QED) is 0.512. The van der Waals surface area contributed by atoms with Gasteiger partial charge in [-0.2, -0.15) is 13.2 Å². The van der Waals surface area contributed by atoms with Gasteiger partial charge in [-0.1, -0.05) is 0 Å². The van der Waals surface area contributed by atoms with Gasteiger partial charge in [-0.15, -0.1) is 0 Å². The number of benzene rings is 2. The molecule has 0 fully saturated rings. The highest BCUT2D eigenvalue weighted by molar-refractivity contribution is 5.90. The second-order valence-corrected chi connectivity index (χ2v) is 6.24. The van der Waals surface area contributed by atoms with E-state index in [0.29, 0.717) is 22.5 Å². The van der Waals surface area contributed by atoms with Crippen molar-refractivity contribution in [2.24, 2.45) is 0 Å². The fourth-order valence-electron chi connectivity index (χ4n) is 3.08. The summed E-state index contributed by atoms with van der Waals surface area (Å²) in [6.07, 6.45) is -3.13. The van der Waals surface area contributed by atoms with Gasteiger partial charge in [0.15, 0.2) is 5.65 Å². The minimum atomic E-state index is -4.45.